The van der Waals surface area contributed by atoms with Crippen LogP contribution < -0.4 is 10.2 Å². The van der Waals surface area contributed by atoms with Crippen LogP contribution in [0.4, 0.5) is 0 Å². The lowest BCUT2D eigenvalue weighted by Gasteiger charge is -2.29. The van der Waals surface area contributed by atoms with Gasteiger partial charge in [0.15, 0.2) is 5.43 Å². The average Bonchev–Trinajstić information content (AvgIpc) is 3.14. The normalized spacial score (nSPS) is 18.3. The van der Waals surface area contributed by atoms with E-state index in [9.17, 15) is 9.59 Å². The second kappa shape index (κ2) is 9.84. The number of ether oxygens (including phenoxy) is 2. The summed E-state index contributed by atoms with van der Waals surface area (Å²) in [5.41, 5.74) is 3.69. The molecule has 2 aliphatic heterocycles. The van der Waals surface area contributed by atoms with Crippen LogP contribution in [0.1, 0.15) is 52.2 Å². The molecule has 7 nitrogen and oxygen atoms in total. The Balaban J connectivity index is 1.54. The van der Waals surface area contributed by atoms with Crippen LogP contribution in [0.5, 0.6) is 5.75 Å². The predicted octanol–water partition coefficient (Wildman–Crippen LogP) is 4.08. The van der Waals surface area contributed by atoms with Gasteiger partial charge in [-0.2, -0.15) is 0 Å². The Morgan fingerprint density at radius 3 is 2.43 bits per heavy atom. The Bertz CT molecular complexity index is 1290. The maximum atomic E-state index is 13.8. The van der Waals surface area contributed by atoms with E-state index in [2.05, 4.69) is 4.90 Å². The average molecular weight is 477 g/mol. The smallest absolute Gasteiger partial charge is 0.290 e. The van der Waals surface area contributed by atoms with Crippen LogP contribution in [0.15, 0.2) is 45.6 Å². The van der Waals surface area contributed by atoms with E-state index in [1.165, 1.54) is 0 Å². The van der Waals surface area contributed by atoms with Crippen molar-refractivity contribution in [2.45, 2.75) is 33.2 Å². The van der Waals surface area contributed by atoms with Gasteiger partial charge >= 0.3 is 0 Å². The highest BCUT2D eigenvalue weighted by Crippen LogP contribution is 2.39. The Labute approximate surface area is 205 Å². The molecule has 0 N–H and O–H groups in total. The summed E-state index contributed by atoms with van der Waals surface area (Å²) in [7, 11) is 0. The summed E-state index contributed by atoms with van der Waals surface area (Å²) < 4.78 is 17.2. The fourth-order valence-electron chi connectivity index (χ4n) is 5.06. The molecule has 0 unspecified atom stereocenters. The van der Waals surface area contributed by atoms with E-state index in [0.29, 0.717) is 29.7 Å². The van der Waals surface area contributed by atoms with Gasteiger partial charge in [0.05, 0.1) is 36.8 Å². The van der Waals surface area contributed by atoms with Crippen molar-refractivity contribution < 1.29 is 18.7 Å². The maximum Gasteiger partial charge on any atom is 0.290 e. The lowest BCUT2D eigenvalue weighted by molar-refractivity contribution is 0.0353. The molecule has 0 aliphatic carbocycles. The van der Waals surface area contributed by atoms with Crippen LogP contribution in [0.3, 0.4) is 0 Å². The molecule has 0 spiro atoms. The summed E-state index contributed by atoms with van der Waals surface area (Å²) in [5.74, 6) is 0.699. The molecular formula is C28H32N2O5. The second-order valence-electron chi connectivity index (χ2n) is 9.32. The number of carbonyl (C=O) groups excluding carboxylic acids is 1. The third-order valence-electron chi connectivity index (χ3n) is 7.07. The second-order valence-corrected chi connectivity index (χ2v) is 9.32. The number of hydrogen-bond donors (Lipinski definition) is 0. The minimum Gasteiger partial charge on any atom is -0.494 e. The summed E-state index contributed by atoms with van der Waals surface area (Å²) in [6, 6.07) is 10.9. The summed E-state index contributed by atoms with van der Waals surface area (Å²) in [5, 5.41) is 0.519. The van der Waals surface area contributed by atoms with Gasteiger partial charge in [-0.25, -0.2) is 0 Å². The molecule has 7 heteroatoms. The molecule has 1 amide bonds. The Morgan fingerprint density at radius 1 is 1.00 bits per heavy atom. The molecule has 1 fully saturated rings. The van der Waals surface area contributed by atoms with Gasteiger partial charge in [0.1, 0.15) is 11.3 Å². The largest absolute Gasteiger partial charge is 0.494 e. The fraction of sp³-hybridized carbons (Fsp3) is 0.429. The first kappa shape index (κ1) is 23.6. The molecule has 3 heterocycles. The van der Waals surface area contributed by atoms with E-state index in [4.69, 9.17) is 13.9 Å². The molecule has 1 aromatic heterocycles. The Kier molecular flexibility index (Phi) is 6.62. The van der Waals surface area contributed by atoms with Gasteiger partial charge in [0, 0.05) is 26.2 Å². The van der Waals surface area contributed by atoms with Gasteiger partial charge in [0.25, 0.3) is 5.91 Å². The molecule has 35 heavy (non-hydrogen) atoms. The number of rotatable bonds is 7. The minimum atomic E-state index is -0.486. The minimum absolute atomic E-state index is 0.132. The standard InChI is InChI=1S/C28H32N2O5/c1-4-34-21-8-6-20(7-9-21)25-24-26(31)22-16-18(2)19(3)17-23(22)35-27(24)28(32)30(25)11-5-10-29-12-14-33-15-13-29/h6-9,16-17,25H,4-5,10-15H2,1-3H3/t25-/m1/s1. The van der Waals surface area contributed by atoms with Crippen LogP contribution >= 0.6 is 0 Å². The Morgan fingerprint density at radius 2 is 1.71 bits per heavy atom. The van der Waals surface area contributed by atoms with E-state index in [1.807, 2.05) is 57.2 Å². The first-order chi connectivity index (χ1) is 17.0. The zero-order valence-corrected chi connectivity index (χ0v) is 20.6. The maximum absolute atomic E-state index is 13.8. The third kappa shape index (κ3) is 4.46. The van der Waals surface area contributed by atoms with Crippen molar-refractivity contribution in [1.29, 1.82) is 0 Å². The monoisotopic (exact) mass is 476 g/mol. The van der Waals surface area contributed by atoms with Crippen LogP contribution in [0, 0.1) is 13.8 Å². The van der Waals surface area contributed by atoms with E-state index in [1.54, 1.807) is 4.90 Å². The van der Waals surface area contributed by atoms with E-state index >= 15 is 0 Å². The lowest BCUT2D eigenvalue weighted by Crippen LogP contribution is -2.38. The van der Waals surface area contributed by atoms with Crippen LogP contribution in [-0.2, 0) is 4.74 Å². The van der Waals surface area contributed by atoms with Gasteiger partial charge < -0.3 is 18.8 Å². The number of amides is 1. The molecule has 1 saturated heterocycles. The highest BCUT2D eigenvalue weighted by Gasteiger charge is 2.42. The van der Waals surface area contributed by atoms with Crippen molar-refractivity contribution >= 4 is 16.9 Å². The predicted molar refractivity (Wildman–Crippen MR) is 134 cm³/mol. The van der Waals surface area contributed by atoms with Gasteiger partial charge in [-0.1, -0.05) is 12.1 Å². The molecule has 0 saturated carbocycles. The SMILES string of the molecule is CCOc1ccc([C@@H]2c3c(oc4cc(C)c(C)cc4c3=O)C(=O)N2CCCN2CCOCC2)cc1. The van der Waals surface area contributed by atoms with Crippen molar-refractivity contribution in [3.05, 3.63) is 74.6 Å². The molecule has 184 valence electrons. The lowest BCUT2D eigenvalue weighted by atomic mass is 9.97. The van der Waals surface area contributed by atoms with Gasteiger partial charge in [-0.15, -0.1) is 0 Å². The van der Waals surface area contributed by atoms with Crippen molar-refractivity contribution in [2.24, 2.45) is 0 Å². The van der Waals surface area contributed by atoms with E-state index in [-0.39, 0.29) is 17.1 Å². The number of morpholine rings is 1. The van der Waals surface area contributed by atoms with Crippen LogP contribution in [0.25, 0.3) is 11.0 Å². The van der Waals surface area contributed by atoms with E-state index in [0.717, 1.165) is 61.7 Å². The summed E-state index contributed by atoms with van der Waals surface area (Å²) in [4.78, 5) is 31.5. The molecule has 0 radical (unpaired) electrons. The first-order valence-electron chi connectivity index (χ1n) is 12.4. The number of aryl methyl sites for hydroxylation is 2. The van der Waals surface area contributed by atoms with Gasteiger partial charge in [-0.3, -0.25) is 14.5 Å². The highest BCUT2D eigenvalue weighted by molar-refractivity contribution is 5.99. The van der Waals surface area contributed by atoms with Crippen LogP contribution in [-0.4, -0.2) is 61.7 Å². The molecule has 3 aromatic rings. The zero-order valence-electron chi connectivity index (χ0n) is 20.6. The topological polar surface area (TPSA) is 72.2 Å². The number of benzene rings is 2. The zero-order chi connectivity index (χ0) is 24.5. The van der Waals surface area contributed by atoms with Gasteiger partial charge in [0.2, 0.25) is 5.76 Å². The summed E-state index contributed by atoms with van der Waals surface area (Å²) in [6.45, 7) is 11.2. The number of carbonyl (C=O) groups is 1. The first-order valence-corrected chi connectivity index (χ1v) is 12.4. The summed E-state index contributed by atoms with van der Waals surface area (Å²) >= 11 is 0. The van der Waals surface area contributed by atoms with E-state index < -0.39 is 6.04 Å². The Hall–Kier alpha value is -3.16. The third-order valence-corrected chi connectivity index (χ3v) is 7.07. The van der Waals surface area contributed by atoms with Crippen LogP contribution in [0.2, 0.25) is 0 Å². The molecule has 1 atom stereocenters. The number of fused-ring (bicyclic) bond motifs is 2. The van der Waals surface area contributed by atoms with Crippen molar-refractivity contribution in [3.63, 3.8) is 0 Å². The highest BCUT2D eigenvalue weighted by atomic mass is 16.5. The quantitative estimate of drug-likeness (QED) is 0.512. The summed E-state index contributed by atoms with van der Waals surface area (Å²) in [6.07, 6.45) is 0.805. The van der Waals surface area contributed by atoms with Gasteiger partial charge in [-0.05, 0) is 68.1 Å². The molecule has 0 bridgehead atoms. The molecular weight excluding hydrogens is 444 g/mol. The fourth-order valence-corrected chi connectivity index (χ4v) is 5.06. The number of nitrogens with zero attached hydrogens (tertiary/aromatic N) is 2. The molecule has 2 aromatic carbocycles. The molecule has 5 rings (SSSR count). The number of hydrogen-bond acceptors (Lipinski definition) is 6. The van der Waals surface area contributed by atoms with Crippen molar-refractivity contribution in [2.75, 3.05) is 46.0 Å². The molecule has 2 aliphatic rings. The van der Waals surface area contributed by atoms with Crippen molar-refractivity contribution in [1.82, 2.24) is 9.80 Å². The van der Waals surface area contributed by atoms with Crippen molar-refractivity contribution in [3.8, 4) is 5.75 Å².